The normalized spacial score (nSPS) is 16.8. The van der Waals surface area contributed by atoms with Crippen molar-refractivity contribution in [1.82, 2.24) is 20.0 Å². The lowest BCUT2D eigenvalue weighted by molar-refractivity contribution is -0.125. The zero-order valence-corrected chi connectivity index (χ0v) is 29.7. The number of hydrogen-bond acceptors (Lipinski definition) is 5. The van der Waals surface area contributed by atoms with Gasteiger partial charge in [0.05, 0.1) is 0 Å². The number of ether oxygens (including phenoxy) is 1. The van der Waals surface area contributed by atoms with Crippen LogP contribution in [0.4, 0.5) is 9.59 Å². The number of carbonyl (C=O) groups is 4. The average Bonchev–Trinajstić information content (AvgIpc) is 3.52. The SMILES string of the molecule is CCC(CCN1CC(=O)NC1=O)CC(CC)(CC)CCCCOCCCCC(CC)(CC)CCCCN1C(=O)CN(CC)C1=O. The van der Waals surface area contributed by atoms with Gasteiger partial charge in [-0.3, -0.25) is 19.8 Å². The minimum atomic E-state index is -0.242. The van der Waals surface area contributed by atoms with E-state index in [0.717, 1.165) is 71.0 Å². The van der Waals surface area contributed by atoms with E-state index >= 15 is 0 Å². The Labute approximate surface area is 274 Å². The molecule has 2 saturated heterocycles. The molecular formula is C36H66N4O5. The number of amides is 6. The third-order valence-electron chi connectivity index (χ3n) is 11.3. The molecule has 45 heavy (non-hydrogen) atoms. The van der Waals surface area contributed by atoms with E-state index in [4.69, 9.17) is 4.74 Å². The quantitative estimate of drug-likeness (QED) is 0.0774. The number of nitrogens with zero attached hydrogens (tertiary/aromatic N) is 3. The van der Waals surface area contributed by atoms with Crippen molar-refractivity contribution in [3.05, 3.63) is 0 Å². The van der Waals surface area contributed by atoms with Gasteiger partial charge in [-0.05, 0) is 75.0 Å². The molecule has 2 aliphatic rings. The summed E-state index contributed by atoms with van der Waals surface area (Å²) < 4.78 is 6.06. The summed E-state index contributed by atoms with van der Waals surface area (Å²) in [5.74, 6) is 0.319. The van der Waals surface area contributed by atoms with E-state index in [9.17, 15) is 19.2 Å². The molecular weight excluding hydrogens is 568 g/mol. The van der Waals surface area contributed by atoms with Crippen LogP contribution in [-0.2, 0) is 14.3 Å². The maximum atomic E-state index is 12.3. The molecule has 0 aromatic heterocycles. The topological polar surface area (TPSA) is 99.3 Å². The van der Waals surface area contributed by atoms with Crippen LogP contribution in [0.1, 0.15) is 144 Å². The number of carbonyl (C=O) groups excluding carboxylic acids is 4. The van der Waals surface area contributed by atoms with Crippen molar-refractivity contribution in [1.29, 1.82) is 0 Å². The fourth-order valence-corrected chi connectivity index (χ4v) is 7.48. The van der Waals surface area contributed by atoms with Crippen molar-refractivity contribution >= 4 is 23.9 Å². The van der Waals surface area contributed by atoms with Crippen LogP contribution in [0.25, 0.3) is 0 Å². The molecule has 2 rings (SSSR count). The first-order valence-corrected chi connectivity index (χ1v) is 18.4. The van der Waals surface area contributed by atoms with Gasteiger partial charge in [-0.25, -0.2) is 9.59 Å². The van der Waals surface area contributed by atoms with Gasteiger partial charge in [0.2, 0.25) is 11.8 Å². The van der Waals surface area contributed by atoms with Crippen LogP contribution in [0.2, 0.25) is 0 Å². The second-order valence-corrected chi connectivity index (χ2v) is 13.8. The van der Waals surface area contributed by atoms with E-state index in [1.165, 1.54) is 49.8 Å². The van der Waals surface area contributed by atoms with Crippen LogP contribution in [0.3, 0.4) is 0 Å². The van der Waals surface area contributed by atoms with Crippen LogP contribution < -0.4 is 5.32 Å². The fraction of sp³-hybridized carbons (Fsp3) is 0.889. The molecule has 2 aliphatic heterocycles. The van der Waals surface area contributed by atoms with Gasteiger partial charge in [0.1, 0.15) is 13.1 Å². The highest BCUT2D eigenvalue weighted by molar-refractivity contribution is 6.02. The number of hydrogen-bond donors (Lipinski definition) is 1. The van der Waals surface area contributed by atoms with E-state index in [0.29, 0.717) is 36.4 Å². The molecule has 0 spiro atoms. The van der Waals surface area contributed by atoms with Crippen molar-refractivity contribution in [2.75, 3.05) is 45.9 Å². The monoisotopic (exact) mass is 635 g/mol. The molecule has 0 aromatic carbocycles. The lowest BCUT2D eigenvalue weighted by Crippen LogP contribution is -2.33. The standard InChI is InChI=1S/C36H66N4O5/c1-7-30(19-24-39-28-31(41)37-33(39)43)27-36(10-4,11-5)22-15-18-26-45-25-17-14-21-35(8-2,9-3)20-13-16-23-40-32(42)29-38(12-6)34(40)44/h30H,7-29H2,1-6H3,(H,37,41,43). The molecule has 2 fully saturated rings. The largest absolute Gasteiger partial charge is 0.381 e. The second kappa shape index (κ2) is 20.2. The average molecular weight is 635 g/mol. The Morgan fingerprint density at radius 1 is 0.711 bits per heavy atom. The maximum Gasteiger partial charge on any atom is 0.327 e. The molecule has 6 amide bonds. The summed E-state index contributed by atoms with van der Waals surface area (Å²) in [6.45, 7) is 17.3. The summed E-state index contributed by atoms with van der Waals surface area (Å²) in [4.78, 5) is 52.7. The van der Waals surface area contributed by atoms with Gasteiger partial charge >= 0.3 is 12.1 Å². The molecule has 0 saturated carbocycles. The van der Waals surface area contributed by atoms with E-state index < -0.39 is 0 Å². The van der Waals surface area contributed by atoms with Crippen molar-refractivity contribution in [3.63, 3.8) is 0 Å². The highest BCUT2D eigenvalue weighted by Crippen LogP contribution is 2.41. The number of likely N-dealkylation sites (N-methyl/N-ethyl adjacent to an activating group) is 1. The predicted octanol–water partition coefficient (Wildman–Crippen LogP) is 7.77. The van der Waals surface area contributed by atoms with E-state index in [1.54, 1.807) is 9.80 Å². The summed E-state index contributed by atoms with van der Waals surface area (Å²) >= 11 is 0. The predicted molar refractivity (Wildman–Crippen MR) is 181 cm³/mol. The number of nitrogens with one attached hydrogen (secondary N) is 1. The van der Waals surface area contributed by atoms with E-state index in [1.807, 2.05) is 6.92 Å². The van der Waals surface area contributed by atoms with Gasteiger partial charge in [-0.2, -0.15) is 0 Å². The summed E-state index contributed by atoms with van der Waals surface area (Å²) in [5.41, 5.74) is 0.676. The van der Waals surface area contributed by atoms with Crippen LogP contribution in [-0.4, -0.2) is 84.5 Å². The summed E-state index contributed by atoms with van der Waals surface area (Å²) in [5, 5.41) is 2.39. The van der Waals surface area contributed by atoms with E-state index in [-0.39, 0.29) is 37.0 Å². The first-order valence-electron chi connectivity index (χ1n) is 18.4. The Hall–Kier alpha value is -2.16. The maximum absolute atomic E-state index is 12.3. The number of imide groups is 2. The molecule has 260 valence electrons. The molecule has 1 atom stereocenters. The molecule has 0 bridgehead atoms. The van der Waals surface area contributed by atoms with Crippen molar-refractivity contribution in [3.8, 4) is 0 Å². The Morgan fingerprint density at radius 2 is 1.29 bits per heavy atom. The van der Waals surface area contributed by atoms with Crippen LogP contribution in [0.5, 0.6) is 0 Å². The van der Waals surface area contributed by atoms with Gasteiger partial charge in [0.15, 0.2) is 0 Å². The molecule has 0 aliphatic carbocycles. The zero-order valence-electron chi connectivity index (χ0n) is 29.7. The molecule has 1 unspecified atom stereocenters. The van der Waals surface area contributed by atoms with Gasteiger partial charge in [0, 0.05) is 32.8 Å². The van der Waals surface area contributed by atoms with Gasteiger partial charge < -0.3 is 14.5 Å². The highest BCUT2D eigenvalue weighted by Gasteiger charge is 2.35. The second-order valence-electron chi connectivity index (χ2n) is 13.8. The molecule has 0 aromatic rings. The Morgan fingerprint density at radius 3 is 1.78 bits per heavy atom. The lowest BCUT2D eigenvalue weighted by Gasteiger charge is -2.36. The van der Waals surface area contributed by atoms with Crippen LogP contribution in [0.15, 0.2) is 0 Å². The van der Waals surface area contributed by atoms with Crippen molar-refractivity contribution in [2.45, 2.75) is 144 Å². The van der Waals surface area contributed by atoms with Crippen LogP contribution in [0, 0.1) is 16.7 Å². The first kappa shape index (κ1) is 39.0. The molecule has 9 heteroatoms. The third-order valence-corrected chi connectivity index (χ3v) is 11.3. The number of urea groups is 2. The molecule has 1 N–H and O–H groups in total. The Kier molecular flexibility index (Phi) is 17.5. The van der Waals surface area contributed by atoms with Gasteiger partial charge in [-0.15, -0.1) is 0 Å². The zero-order chi connectivity index (χ0) is 33.3. The molecule has 0 radical (unpaired) electrons. The van der Waals surface area contributed by atoms with E-state index in [2.05, 4.69) is 39.9 Å². The van der Waals surface area contributed by atoms with Gasteiger partial charge in [-0.1, -0.05) is 86.0 Å². The number of rotatable bonds is 26. The molecule has 9 nitrogen and oxygen atoms in total. The minimum absolute atomic E-state index is 0.0548. The number of unbranched alkanes of at least 4 members (excludes halogenated alkanes) is 3. The Bertz CT molecular complexity index is 917. The van der Waals surface area contributed by atoms with Crippen molar-refractivity contribution in [2.24, 2.45) is 16.7 Å². The summed E-state index contributed by atoms with van der Waals surface area (Å²) in [7, 11) is 0. The fourth-order valence-electron chi connectivity index (χ4n) is 7.48. The highest BCUT2D eigenvalue weighted by atomic mass is 16.5. The minimum Gasteiger partial charge on any atom is -0.381 e. The van der Waals surface area contributed by atoms with Crippen LogP contribution >= 0.6 is 0 Å². The molecule has 2 heterocycles. The summed E-state index contributed by atoms with van der Waals surface area (Å²) in [6, 6.07) is -0.366. The third kappa shape index (κ3) is 12.2. The smallest absolute Gasteiger partial charge is 0.327 e. The Balaban J connectivity index is 1.62. The first-order chi connectivity index (χ1) is 21.6. The summed E-state index contributed by atoms with van der Waals surface area (Å²) in [6.07, 6.45) is 18.0. The van der Waals surface area contributed by atoms with Crippen molar-refractivity contribution < 1.29 is 23.9 Å². The lowest BCUT2D eigenvalue weighted by atomic mass is 9.70. The van der Waals surface area contributed by atoms with Gasteiger partial charge in [0.25, 0.3) is 0 Å².